The van der Waals surface area contributed by atoms with Crippen LogP contribution in [0.4, 0.5) is 13.6 Å². The quantitative estimate of drug-likeness (QED) is 0.887. The summed E-state index contributed by atoms with van der Waals surface area (Å²) in [4.78, 5) is 11.8. The molecule has 0 radical (unpaired) electrons. The summed E-state index contributed by atoms with van der Waals surface area (Å²) in [5.41, 5.74) is 0.0317. The van der Waals surface area contributed by atoms with Gasteiger partial charge < -0.3 is 10.6 Å². The van der Waals surface area contributed by atoms with Crippen molar-refractivity contribution in [3.8, 4) is 0 Å². The smallest absolute Gasteiger partial charge is 0.315 e. The molecular weight excluding hydrogens is 302 g/mol. The SMILES string of the molecule is CC(NC(=O)NC1CCS(=O)(=O)C1)c1cc(F)ccc1F. The molecular formula is C13H16F2N2O3S. The van der Waals surface area contributed by atoms with Crippen LogP contribution in [0.15, 0.2) is 18.2 Å². The van der Waals surface area contributed by atoms with Gasteiger partial charge in [0.2, 0.25) is 0 Å². The van der Waals surface area contributed by atoms with Gasteiger partial charge in [-0.2, -0.15) is 0 Å². The number of carbonyl (C=O) groups excluding carboxylic acids is 1. The van der Waals surface area contributed by atoms with E-state index in [0.717, 1.165) is 18.2 Å². The number of rotatable bonds is 3. The number of halogens is 2. The van der Waals surface area contributed by atoms with Gasteiger partial charge in [-0.15, -0.1) is 0 Å². The fraction of sp³-hybridized carbons (Fsp3) is 0.462. The second kappa shape index (κ2) is 5.97. The summed E-state index contributed by atoms with van der Waals surface area (Å²) in [6.07, 6.45) is 0.360. The Labute approximate surface area is 121 Å². The van der Waals surface area contributed by atoms with E-state index in [2.05, 4.69) is 10.6 Å². The molecule has 0 spiro atoms. The van der Waals surface area contributed by atoms with Crippen molar-refractivity contribution < 1.29 is 22.0 Å². The zero-order valence-corrected chi connectivity index (χ0v) is 12.2. The molecule has 1 aromatic carbocycles. The third-order valence-corrected chi connectivity index (χ3v) is 5.11. The number of hydrogen-bond acceptors (Lipinski definition) is 3. The van der Waals surface area contributed by atoms with Crippen LogP contribution in [0.3, 0.4) is 0 Å². The summed E-state index contributed by atoms with van der Waals surface area (Å²) >= 11 is 0. The Morgan fingerprint density at radius 2 is 2.10 bits per heavy atom. The third kappa shape index (κ3) is 4.13. The van der Waals surface area contributed by atoms with E-state index in [0.29, 0.717) is 6.42 Å². The molecule has 0 aliphatic carbocycles. The van der Waals surface area contributed by atoms with Crippen molar-refractivity contribution in [1.82, 2.24) is 10.6 Å². The molecule has 1 heterocycles. The molecule has 1 aromatic rings. The number of amides is 2. The van der Waals surface area contributed by atoms with Crippen molar-refractivity contribution in [3.05, 3.63) is 35.4 Å². The van der Waals surface area contributed by atoms with Crippen molar-refractivity contribution in [3.63, 3.8) is 0 Å². The molecule has 5 nitrogen and oxygen atoms in total. The molecule has 0 aromatic heterocycles. The molecule has 1 aliphatic heterocycles. The van der Waals surface area contributed by atoms with Crippen LogP contribution in [0.1, 0.15) is 24.9 Å². The van der Waals surface area contributed by atoms with E-state index in [1.54, 1.807) is 0 Å². The summed E-state index contributed by atoms with van der Waals surface area (Å²) in [6.45, 7) is 1.52. The topological polar surface area (TPSA) is 75.3 Å². The van der Waals surface area contributed by atoms with Gasteiger partial charge in [-0.25, -0.2) is 22.0 Å². The fourth-order valence-electron chi connectivity index (χ4n) is 2.26. The fourth-order valence-corrected chi connectivity index (χ4v) is 3.93. The van der Waals surface area contributed by atoms with Crippen molar-refractivity contribution in [2.24, 2.45) is 0 Å². The van der Waals surface area contributed by atoms with Crippen LogP contribution >= 0.6 is 0 Å². The van der Waals surface area contributed by atoms with Gasteiger partial charge in [0.25, 0.3) is 0 Å². The van der Waals surface area contributed by atoms with Crippen LogP contribution in [0, 0.1) is 11.6 Å². The summed E-state index contributed by atoms with van der Waals surface area (Å²) in [6, 6.07) is 1.21. The van der Waals surface area contributed by atoms with E-state index in [9.17, 15) is 22.0 Å². The first-order valence-corrected chi connectivity index (χ1v) is 8.31. The predicted octanol–water partition coefficient (Wildman–Crippen LogP) is 1.51. The van der Waals surface area contributed by atoms with E-state index in [1.807, 2.05) is 0 Å². The Bertz CT molecular complexity index is 649. The second-order valence-electron chi connectivity index (χ2n) is 5.11. The zero-order chi connectivity index (χ0) is 15.6. The van der Waals surface area contributed by atoms with E-state index < -0.39 is 39.6 Å². The van der Waals surface area contributed by atoms with Gasteiger partial charge in [0.05, 0.1) is 17.5 Å². The van der Waals surface area contributed by atoms with Gasteiger partial charge >= 0.3 is 6.03 Å². The molecule has 2 unspecified atom stereocenters. The van der Waals surface area contributed by atoms with Gasteiger partial charge in [-0.1, -0.05) is 0 Å². The third-order valence-electron chi connectivity index (χ3n) is 3.34. The maximum absolute atomic E-state index is 13.6. The van der Waals surface area contributed by atoms with Gasteiger partial charge in [0, 0.05) is 11.6 Å². The number of carbonyl (C=O) groups is 1. The molecule has 116 valence electrons. The van der Waals surface area contributed by atoms with Crippen LogP contribution in [0.5, 0.6) is 0 Å². The number of urea groups is 1. The lowest BCUT2D eigenvalue weighted by molar-refractivity contribution is 0.234. The highest BCUT2D eigenvalue weighted by molar-refractivity contribution is 7.91. The van der Waals surface area contributed by atoms with Crippen molar-refractivity contribution >= 4 is 15.9 Å². The number of benzene rings is 1. The lowest BCUT2D eigenvalue weighted by Crippen LogP contribution is -2.43. The molecule has 0 saturated carbocycles. The molecule has 8 heteroatoms. The first-order valence-electron chi connectivity index (χ1n) is 6.49. The van der Waals surface area contributed by atoms with Crippen molar-refractivity contribution in [2.45, 2.75) is 25.4 Å². The summed E-state index contributed by atoms with van der Waals surface area (Å²) in [5.74, 6) is -1.26. The van der Waals surface area contributed by atoms with Crippen molar-refractivity contribution in [1.29, 1.82) is 0 Å². The number of sulfone groups is 1. The van der Waals surface area contributed by atoms with Crippen LogP contribution in [0.25, 0.3) is 0 Å². The highest BCUT2D eigenvalue weighted by atomic mass is 32.2. The predicted molar refractivity (Wildman–Crippen MR) is 73.5 cm³/mol. The molecule has 1 fully saturated rings. The summed E-state index contributed by atoms with van der Waals surface area (Å²) in [5, 5.41) is 4.99. The van der Waals surface area contributed by atoms with Gasteiger partial charge in [0.15, 0.2) is 9.84 Å². The molecule has 21 heavy (non-hydrogen) atoms. The Morgan fingerprint density at radius 1 is 1.38 bits per heavy atom. The molecule has 2 amide bonds. The van der Waals surface area contributed by atoms with Crippen LogP contribution in [0.2, 0.25) is 0 Å². The van der Waals surface area contributed by atoms with Crippen LogP contribution < -0.4 is 10.6 Å². The van der Waals surface area contributed by atoms with Gasteiger partial charge in [-0.3, -0.25) is 0 Å². The molecule has 0 bridgehead atoms. The zero-order valence-electron chi connectivity index (χ0n) is 11.4. The molecule has 2 atom stereocenters. The lowest BCUT2D eigenvalue weighted by atomic mass is 10.1. The first kappa shape index (κ1) is 15.7. The van der Waals surface area contributed by atoms with Gasteiger partial charge in [-0.05, 0) is 31.5 Å². The minimum absolute atomic E-state index is 0.0317. The standard InChI is InChI=1S/C13H16F2N2O3S/c1-8(11-6-9(14)2-3-12(11)15)16-13(18)17-10-4-5-21(19,20)7-10/h2-3,6,8,10H,4-5,7H2,1H3,(H2,16,17,18). The Balaban J connectivity index is 1.95. The largest absolute Gasteiger partial charge is 0.334 e. The number of hydrogen-bond donors (Lipinski definition) is 2. The van der Waals surface area contributed by atoms with E-state index in [4.69, 9.17) is 0 Å². The first-order chi connectivity index (χ1) is 9.77. The van der Waals surface area contributed by atoms with Crippen LogP contribution in [-0.2, 0) is 9.84 Å². The molecule has 1 saturated heterocycles. The normalized spacial score (nSPS) is 21.8. The van der Waals surface area contributed by atoms with Gasteiger partial charge in [0.1, 0.15) is 11.6 Å². The Hall–Kier alpha value is -1.70. The van der Waals surface area contributed by atoms with E-state index >= 15 is 0 Å². The Kier molecular flexibility index (Phi) is 4.46. The monoisotopic (exact) mass is 318 g/mol. The maximum atomic E-state index is 13.6. The molecule has 2 N–H and O–H groups in total. The second-order valence-corrected chi connectivity index (χ2v) is 7.33. The van der Waals surface area contributed by atoms with Crippen molar-refractivity contribution in [2.75, 3.05) is 11.5 Å². The summed E-state index contributed by atoms with van der Waals surface area (Å²) < 4.78 is 49.2. The highest BCUT2D eigenvalue weighted by Gasteiger charge is 2.29. The molecule has 1 aliphatic rings. The van der Waals surface area contributed by atoms with Crippen LogP contribution in [-0.4, -0.2) is 32.0 Å². The summed E-state index contributed by atoms with van der Waals surface area (Å²) in [7, 11) is -3.09. The minimum atomic E-state index is -3.09. The lowest BCUT2D eigenvalue weighted by Gasteiger charge is -2.18. The van der Waals surface area contributed by atoms with E-state index in [-0.39, 0.29) is 17.1 Å². The maximum Gasteiger partial charge on any atom is 0.315 e. The number of nitrogens with one attached hydrogen (secondary N) is 2. The minimum Gasteiger partial charge on any atom is -0.334 e. The van der Waals surface area contributed by atoms with E-state index in [1.165, 1.54) is 6.92 Å². The highest BCUT2D eigenvalue weighted by Crippen LogP contribution is 2.18. The Morgan fingerprint density at radius 3 is 2.71 bits per heavy atom. The average molecular weight is 318 g/mol. The average Bonchev–Trinajstić information content (AvgIpc) is 2.71. The molecule has 2 rings (SSSR count).